The Kier molecular flexibility index (Phi) is 15.8. The van der Waals surface area contributed by atoms with Gasteiger partial charge in [-0.15, -0.1) is 4.73 Å². The summed E-state index contributed by atoms with van der Waals surface area (Å²) in [6, 6.07) is 12.3. The van der Waals surface area contributed by atoms with Crippen LogP contribution in [0.25, 0.3) is 21.5 Å². The molecule has 0 spiro atoms. The molecule has 25 heteroatoms. The van der Waals surface area contributed by atoms with E-state index in [4.69, 9.17) is 14.3 Å². The Morgan fingerprint density at radius 2 is 1.19 bits per heavy atom. The molecule has 21 nitrogen and oxygen atoms in total. The van der Waals surface area contributed by atoms with E-state index in [-0.39, 0.29) is 47.6 Å². The third-order valence-corrected chi connectivity index (χ3v) is 17.0. The second-order valence-electron chi connectivity index (χ2n) is 18.2. The van der Waals surface area contributed by atoms with E-state index in [9.17, 15) is 66.9 Å². The predicted octanol–water partition coefficient (Wildman–Crippen LogP) is 6.63. The van der Waals surface area contributed by atoms with Crippen LogP contribution >= 0.6 is 0 Å². The number of anilines is 1. The fraction of sp³-hybridized carbons (Fsp3) is 0.347. The van der Waals surface area contributed by atoms with Crippen molar-refractivity contribution in [3.8, 4) is 11.8 Å². The Morgan fingerprint density at radius 3 is 1.72 bits per heavy atom. The van der Waals surface area contributed by atoms with Gasteiger partial charge in [0.15, 0.2) is 5.71 Å². The monoisotopic (exact) mass is 1100 g/mol. The maximum atomic E-state index is 12.8. The minimum atomic E-state index is -5.05. The first-order valence-corrected chi connectivity index (χ1v) is 28.8. The molecule has 2 atom stereocenters. The van der Waals surface area contributed by atoms with Gasteiger partial charge in [0.1, 0.15) is 16.3 Å². The maximum absolute atomic E-state index is 12.8. The van der Waals surface area contributed by atoms with Gasteiger partial charge in [-0.25, -0.2) is 4.79 Å². The number of likely N-dealkylation sites (N-methyl/N-ethyl adjacent to an activating group) is 1. The molecule has 0 radical (unpaired) electrons. The van der Waals surface area contributed by atoms with Gasteiger partial charge in [0, 0.05) is 104 Å². The fourth-order valence-electron chi connectivity index (χ4n) is 10.1. The Bertz CT molecular complexity index is 3660. The molecule has 5 aromatic rings. The van der Waals surface area contributed by atoms with Crippen molar-refractivity contribution in [3.05, 3.63) is 108 Å². The van der Waals surface area contributed by atoms with Crippen LogP contribution in [0.1, 0.15) is 70.4 Å². The Hall–Kier alpha value is -6.00. The SMILES string of the molecule is CCN1C(=CC=CC=CC2=[N+](CCCCCC(=O)On3c(O)ccc3O)c3ccc4c(S(=O)(=O)O)cc(S(=O)(=O)O)cc4c3C2(C)CCOC)C(C)(CCOC)c2c1ccc1c(S(=O)(=O)O)cc(S(=O)(=O)O)cc21. The quantitative estimate of drug-likeness (QED) is 0.0194. The molecule has 0 amide bonds. The van der Waals surface area contributed by atoms with E-state index in [1.165, 1.54) is 32.4 Å². The molecule has 2 aliphatic heterocycles. The number of carbonyl (C=O) groups is 1. The number of fused-ring (bicyclic) bond motifs is 6. The smallest absolute Gasteiger partial charge is 0.333 e. The molecule has 74 heavy (non-hydrogen) atoms. The lowest BCUT2D eigenvalue weighted by Crippen LogP contribution is -2.33. The third kappa shape index (κ3) is 10.8. The highest BCUT2D eigenvalue weighted by Crippen LogP contribution is 2.54. The van der Waals surface area contributed by atoms with E-state index in [0.29, 0.717) is 89.5 Å². The number of unbranched alkanes of at least 4 members (excludes halogenated alkanes) is 2. The van der Waals surface area contributed by atoms with Crippen LogP contribution in [0.5, 0.6) is 11.8 Å². The number of hydrogen-bond acceptors (Lipinski definition) is 15. The van der Waals surface area contributed by atoms with Gasteiger partial charge in [-0.3, -0.25) is 18.2 Å². The van der Waals surface area contributed by atoms with Gasteiger partial charge in [-0.1, -0.05) is 24.3 Å². The van der Waals surface area contributed by atoms with Crippen molar-refractivity contribution in [1.29, 1.82) is 0 Å². The molecule has 0 aliphatic carbocycles. The largest absolute Gasteiger partial charge is 0.492 e. The molecule has 1 aromatic heterocycles. The Balaban J connectivity index is 1.33. The number of allylic oxidation sites excluding steroid dienone is 6. The van der Waals surface area contributed by atoms with Gasteiger partial charge in [-0.05, 0) is 105 Å². The lowest BCUT2D eigenvalue weighted by Gasteiger charge is -2.30. The molecule has 0 fully saturated rings. The number of ether oxygens (including phenoxy) is 2. The number of benzene rings is 4. The number of nitrogens with zero attached hydrogens (tertiary/aromatic N) is 3. The van der Waals surface area contributed by atoms with E-state index >= 15 is 0 Å². The van der Waals surface area contributed by atoms with Crippen molar-refractivity contribution >= 4 is 85.1 Å². The zero-order valence-electron chi connectivity index (χ0n) is 40.8. The minimum absolute atomic E-state index is 0.0111. The number of methoxy groups -OCH3 is 2. The number of aromatic hydroxyl groups is 2. The molecule has 2 aliphatic rings. The predicted molar refractivity (Wildman–Crippen MR) is 272 cm³/mol. The van der Waals surface area contributed by atoms with Crippen LogP contribution in [0.4, 0.5) is 11.4 Å². The topological polar surface area (TPSA) is 314 Å². The molecule has 2 unspecified atom stereocenters. The minimum Gasteiger partial charge on any atom is -0.492 e. The lowest BCUT2D eigenvalue weighted by atomic mass is 9.75. The normalized spacial score (nSPS) is 19.0. The first-order valence-electron chi connectivity index (χ1n) is 23.0. The van der Waals surface area contributed by atoms with Crippen molar-refractivity contribution in [3.63, 3.8) is 0 Å². The molecule has 398 valence electrons. The summed E-state index contributed by atoms with van der Waals surface area (Å²) in [5, 5.41) is 20.1. The first kappa shape index (κ1) is 55.7. The van der Waals surface area contributed by atoms with E-state index in [0.717, 1.165) is 18.2 Å². The van der Waals surface area contributed by atoms with Crippen LogP contribution in [0.15, 0.2) is 116 Å². The number of aromatic nitrogens is 1. The maximum Gasteiger partial charge on any atom is 0.333 e. The van der Waals surface area contributed by atoms with Crippen LogP contribution in [-0.4, -0.2) is 124 Å². The van der Waals surface area contributed by atoms with E-state index in [1.807, 2.05) is 42.4 Å². The van der Waals surface area contributed by atoms with Crippen LogP contribution in [0.2, 0.25) is 0 Å². The zero-order chi connectivity index (χ0) is 54.3. The van der Waals surface area contributed by atoms with Crippen molar-refractivity contribution in [2.75, 3.05) is 45.4 Å². The second-order valence-corrected chi connectivity index (χ2v) is 23.8. The number of carbonyl (C=O) groups excluding carboxylic acids is 1. The van der Waals surface area contributed by atoms with Gasteiger partial charge >= 0.3 is 5.97 Å². The number of rotatable bonds is 21. The summed E-state index contributed by atoms with van der Waals surface area (Å²) >= 11 is 0. The van der Waals surface area contributed by atoms with Crippen molar-refractivity contribution in [1.82, 2.24) is 4.73 Å². The van der Waals surface area contributed by atoms with E-state index in [2.05, 4.69) is 0 Å². The van der Waals surface area contributed by atoms with Gasteiger partial charge < -0.3 is 29.4 Å². The summed E-state index contributed by atoms with van der Waals surface area (Å²) in [4.78, 5) is 16.7. The van der Waals surface area contributed by atoms with Crippen molar-refractivity contribution in [2.24, 2.45) is 0 Å². The lowest BCUT2D eigenvalue weighted by molar-refractivity contribution is -0.438. The summed E-state index contributed by atoms with van der Waals surface area (Å²) in [7, 11) is -17.0. The summed E-state index contributed by atoms with van der Waals surface area (Å²) in [5.41, 5.74) is 1.48. The highest BCUT2D eigenvalue weighted by Gasteiger charge is 2.49. The van der Waals surface area contributed by atoms with Crippen molar-refractivity contribution < 1.29 is 85.8 Å². The van der Waals surface area contributed by atoms with E-state index in [1.54, 1.807) is 30.4 Å². The molecular formula is C49H56N3O18S4+. The van der Waals surface area contributed by atoms with Gasteiger partial charge in [0.2, 0.25) is 17.4 Å². The fourth-order valence-corrected chi connectivity index (χ4v) is 12.8. The molecule has 7 rings (SSSR count). The average Bonchev–Trinajstić information content (AvgIpc) is 3.86. The third-order valence-electron chi connectivity index (χ3n) is 13.6. The Labute approximate surface area is 428 Å². The second kappa shape index (κ2) is 21.0. The Morgan fingerprint density at radius 1 is 0.649 bits per heavy atom. The first-order chi connectivity index (χ1) is 34.6. The molecule has 4 aromatic carbocycles. The van der Waals surface area contributed by atoms with Crippen LogP contribution < -0.4 is 9.74 Å². The average molecular weight is 1100 g/mol. The van der Waals surface area contributed by atoms with Crippen LogP contribution in [-0.2, 0) is 65.6 Å². The number of hydrogen-bond donors (Lipinski definition) is 6. The standard InChI is InChI=1S/C49H55N3O18S4/c1-6-50-37-18-16-33-35(27-31(71(56,57)58)29-39(33)73(62,63)64)46(37)48(2,22-25-68-4)41(50)13-9-7-10-14-42-49(3,23-26-69-5)47-36-28-32(72(59,60)61)30-40(74(65,66)67)34(36)17-19-38(47)51(42)24-12-8-11-15-45(55)70-52-43(53)20-21-44(52)54/h7,9-10,13-14,16-21,27-30H,6,8,11-12,15,22-26H2,1-5H3,(H5-,53,54,56,57,58,59,60,61,62,63,64,65,66,67)/p+1. The highest BCUT2D eigenvalue weighted by molar-refractivity contribution is 7.87. The molecule has 0 saturated carbocycles. The summed E-state index contributed by atoms with van der Waals surface area (Å²) in [6.07, 6.45) is 10.7. The van der Waals surface area contributed by atoms with Gasteiger partial charge in [0.05, 0.1) is 15.2 Å². The highest BCUT2D eigenvalue weighted by atomic mass is 32.2. The molecule has 0 bridgehead atoms. The molecule has 6 N–H and O–H groups in total. The zero-order valence-corrected chi connectivity index (χ0v) is 44.1. The van der Waals surface area contributed by atoms with Crippen LogP contribution in [0.3, 0.4) is 0 Å². The van der Waals surface area contributed by atoms with Crippen molar-refractivity contribution in [2.45, 2.75) is 89.7 Å². The summed E-state index contributed by atoms with van der Waals surface area (Å²) < 4.78 is 156. The molecule has 3 heterocycles. The van der Waals surface area contributed by atoms with E-state index < -0.39 is 88.6 Å². The van der Waals surface area contributed by atoms with Gasteiger partial charge in [0.25, 0.3) is 40.5 Å². The molecule has 0 saturated heterocycles. The summed E-state index contributed by atoms with van der Waals surface area (Å²) in [5.74, 6) is -1.66. The summed E-state index contributed by atoms with van der Waals surface area (Å²) in [6.45, 7) is 6.73. The molecular weight excluding hydrogens is 1050 g/mol. The van der Waals surface area contributed by atoms with Crippen LogP contribution in [0, 0.1) is 0 Å². The van der Waals surface area contributed by atoms with Gasteiger partial charge in [-0.2, -0.15) is 38.2 Å².